The van der Waals surface area contributed by atoms with Crippen molar-refractivity contribution in [1.82, 2.24) is 0 Å². The van der Waals surface area contributed by atoms with Crippen LogP contribution in [-0.2, 0) is 0 Å². The molecule has 1 aliphatic heterocycles. The minimum absolute atomic E-state index is 0.168. The molecular formula is C14H14F4N2O. The van der Waals surface area contributed by atoms with E-state index in [0.29, 0.717) is 6.42 Å². The SMILES string of the molecule is CC1CCC(C(O)C(F)(F)F)N1c1ccc(C#N)c(F)c1. The predicted molar refractivity (Wildman–Crippen MR) is 68.1 cm³/mol. The molecule has 114 valence electrons. The van der Waals surface area contributed by atoms with E-state index in [4.69, 9.17) is 5.26 Å². The van der Waals surface area contributed by atoms with E-state index in [2.05, 4.69) is 0 Å². The lowest BCUT2D eigenvalue weighted by Crippen LogP contribution is -2.48. The summed E-state index contributed by atoms with van der Waals surface area (Å²) in [5.74, 6) is -0.783. The van der Waals surface area contributed by atoms with Crippen LogP contribution in [0.25, 0.3) is 0 Å². The van der Waals surface area contributed by atoms with Gasteiger partial charge in [-0.25, -0.2) is 4.39 Å². The Hall–Kier alpha value is -1.81. The zero-order chi connectivity index (χ0) is 15.8. The molecule has 3 atom stereocenters. The van der Waals surface area contributed by atoms with Crippen LogP contribution >= 0.6 is 0 Å². The van der Waals surface area contributed by atoms with Crippen LogP contribution in [0.1, 0.15) is 25.3 Å². The summed E-state index contributed by atoms with van der Waals surface area (Å²) in [7, 11) is 0. The molecule has 0 aromatic heterocycles. The number of anilines is 1. The van der Waals surface area contributed by atoms with Crippen LogP contribution in [0.15, 0.2) is 18.2 Å². The maximum absolute atomic E-state index is 13.7. The summed E-state index contributed by atoms with van der Waals surface area (Å²) in [4.78, 5) is 1.38. The van der Waals surface area contributed by atoms with Gasteiger partial charge >= 0.3 is 6.18 Å². The molecular weight excluding hydrogens is 288 g/mol. The maximum Gasteiger partial charge on any atom is 0.416 e. The maximum atomic E-state index is 13.7. The standard InChI is InChI=1S/C14H14F4N2O/c1-8-2-5-12(13(21)14(16,17)18)20(8)10-4-3-9(7-19)11(15)6-10/h3-4,6,8,12-13,21H,2,5H2,1H3. The lowest BCUT2D eigenvalue weighted by Gasteiger charge is -2.34. The van der Waals surface area contributed by atoms with Crippen LogP contribution in [0.5, 0.6) is 0 Å². The number of alkyl halides is 3. The second-order valence-corrected chi connectivity index (χ2v) is 5.16. The summed E-state index contributed by atoms with van der Waals surface area (Å²) in [6.07, 6.45) is -6.57. The first-order valence-electron chi connectivity index (χ1n) is 6.48. The zero-order valence-electron chi connectivity index (χ0n) is 11.2. The molecule has 1 saturated heterocycles. The van der Waals surface area contributed by atoms with Gasteiger partial charge in [0.15, 0.2) is 6.10 Å². The number of nitrogens with zero attached hydrogens (tertiary/aromatic N) is 2. The molecule has 3 unspecified atom stereocenters. The van der Waals surface area contributed by atoms with Crippen molar-refractivity contribution in [2.75, 3.05) is 4.90 Å². The largest absolute Gasteiger partial charge is 0.416 e. The Balaban J connectivity index is 2.35. The lowest BCUT2D eigenvalue weighted by atomic mass is 10.1. The second-order valence-electron chi connectivity index (χ2n) is 5.16. The van der Waals surface area contributed by atoms with E-state index in [1.165, 1.54) is 17.0 Å². The molecule has 1 N–H and O–H groups in total. The van der Waals surface area contributed by atoms with Crippen molar-refractivity contribution in [3.63, 3.8) is 0 Å². The minimum Gasteiger partial charge on any atom is -0.382 e. The van der Waals surface area contributed by atoms with Crippen LogP contribution < -0.4 is 4.90 Å². The van der Waals surface area contributed by atoms with Crippen molar-refractivity contribution in [2.45, 2.75) is 44.1 Å². The van der Waals surface area contributed by atoms with E-state index < -0.39 is 24.1 Å². The summed E-state index contributed by atoms with van der Waals surface area (Å²) >= 11 is 0. The molecule has 0 aliphatic carbocycles. The Kier molecular flexibility index (Phi) is 4.10. The van der Waals surface area contributed by atoms with E-state index in [1.54, 1.807) is 13.0 Å². The van der Waals surface area contributed by atoms with Gasteiger partial charge in [0, 0.05) is 11.7 Å². The monoisotopic (exact) mass is 302 g/mol. The molecule has 0 bridgehead atoms. The van der Waals surface area contributed by atoms with Gasteiger partial charge in [0.25, 0.3) is 0 Å². The molecule has 1 heterocycles. The van der Waals surface area contributed by atoms with Crippen LogP contribution in [-0.4, -0.2) is 29.5 Å². The number of rotatable bonds is 2. The fraction of sp³-hybridized carbons (Fsp3) is 0.500. The second kappa shape index (κ2) is 5.53. The van der Waals surface area contributed by atoms with Gasteiger partial charge in [-0.05, 0) is 38.0 Å². The number of hydrogen-bond acceptors (Lipinski definition) is 3. The topological polar surface area (TPSA) is 47.3 Å². The van der Waals surface area contributed by atoms with Crippen LogP contribution in [0.2, 0.25) is 0 Å². The molecule has 0 spiro atoms. The number of aliphatic hydroxyl groups is 1. The first kappa shape index (κ1) is 15.6. The molecule has 0 amide bonds. The zero-order valence-corrected chi connectivity index (χ0v) is 11.2. The summed E-state index contributed by atoms with van der Waals surface area (Å²) in [6.45, 7) is 1.72. The van der Waals surface area contributed by atoms with Crippen molar-refractivity contribution in [1.29, 1.82) is 5.26 Å². The third kappa shape index (κ3) is 2.95. The normalized spacial score (nSPS) is 24.0. The molecule has 1 aromatic carbocycles. The molecule has 1 aromatic rings. The number of aliphatic hydroxyl groups excluding tert-OH is 1. The van der Waals surface area contributed by atoms with Crippen molar-refractivity contribution < 1.29 is 22.7 Å². The summed E-state index contributed by atoms with van der Waals surface area (Å²) in [5, 5.41) is 18.2. The first-order valence-corrected chi connectivity index (χ1v) is 6.48. The number of nitriles is 1. The Bertz CT molecular complexity index is 567. The Morgan fingerprint density at radius 3 is 2.57 bits per heavy atom. The van der Waals surface area contributed by atoms with Gasteiger partial charge in [-0.1, -0.05) is 0 Å². The molecule has 0 radical (unpaired) electrons. The molecule has 1 aliphatic rings. The van der Waals surface area contributed by atoms with Crippen molar-refractivity contribution >= 4 is 5.69 Å². The van der Waals surface area contributed by atoms with Crippen LogP contribution in [0.3, 0.4) is 0 Å². The van der Waals surface area contributed by atoms with Crippen LogP contribution in [0.4, 0.5) is 23.2 Å². The van der Waals surface area contributed by atoms with Gasteiger partial charge in [-0.2, -0.15) is 18.4 Å². The molecule has 21 heavy (non-hydrogen) atoms. The van der Waals surface area contributed by atoms with E-state index in [-0.39, 0.29) is 23.7 Å². The third-order valence-corrected chi connectivity index (χ3v) is 3.78. The summed E-state index contributed by atoms with van der Waals surface area (Å²) < 4.78 is 51.8. The fourth-order valence-electron chi connectivity index (χ4n) is 2.75. The molecule has 0 saturated carbocycles. The first-order chi connectivity index (χ1) is 9.75. The summed E-state index contributed by atoms with van der Waals surface area (Å²) in [5.41, 5.74) is 0.0725. The average Bonchev–Trinajstić information content (AvgIpc) is 2.78. The Morgan fingerprint density at radius 2 is 2.05 bits per heavy atom. The quantitative estimate of drug-likeness (QED) is 0.854. The molecule has 3 nitrogen and oxygen atoms in total. The molecule has 2 rings (SSSR count). The average molecular weight is 302 g/mol. The fourth-order valence-corrected chi connectivity index (χ4v) is 2.75. The van der Waals surface area contributed by atoms with Gasteiger partial charge in [-0.3, -0.25) is 0 Å². The predicted octanol–water partition coefficient (Wildman–Crippen LogP) is 2.98. The smallest absolute Gasteiger partial charge is 0.382 e. The molecule has 7 heteroatoms. The van der Waals surface area contributed by atoms with E-state index in [1.807, 2.05) is 0 Å². The third-order valence-electron chi connectivity index (χ3n) is 3.78. The highest BCUT2D eigenvalue weighted by atomic mass is 19.4. The van der Waals surface area contributed by atoms with Gasteiger partial charge < -0.3 is 10.0 Å². The lowest BCUT2D eigenvalue weighted by molar-refractivity contribution is -0.209. The highest BCUT2D eigenvalue weighted by molar-refractivity contribution is 5.53. The highest BCUT2D eigenvalue weighted by Crippen LogP contribution is 2.37. The highest BCUT2D eigenvalue weighted by Gasteiger charge is 2.48. The number of benzene rings is 1. The number of hydrogen-bond donors (Lipinski definition) is 1. The van der Waals surface area contributed by atoms with Crippen molar-refractivity contribution in [3.8, 4) is 6.07 Å². The van der Waals surface area contributed by atoms with Gasteiger partial charge in [0.1, 0.15) is 11.9 Å². The van der Waals surface area contributed by atoms with E-state index in [9.17, 15) is 22.7 Å². The Morgan fingerprint density at radius 1 is 1.38 bits per heavy atom. The minimum atomic E-state index is -4.72. The van der Waals surface area contributed by atoms with Crippen LogP contribution in [0, 0.1) is 17.1 Å². The Labute approximate surface area is 119 Å². The van der Waals surface area contributed by atoms with Crippen molar-refractivity contribution in [3.05, 3.63) is 29.6 Å². The van der Waals surface area contributed by atoms with Gasteiger partial charge in [-0.15, -0.1) is 0 Å². The summed E-state index contributed by atoms with van der Waals surface area (Å²) in [6, 6.07) is 3.93. The van der Waals surface area contributed by atoms with E-state index in [0.717, 1.165) is 6.07 Å². The van der Waals surface area contributed by atoms with Gasteiger partial charge in [0.05, 0.1) is 11.6 Å². The van der Waals surface area contributed by atoms with Crippen molar-refractivity contribution in [2.24, 2.45) is 0 Å². The molecule has 1 fully saturated rings. The van der Waals surface area contributed by atoms with E-state index >= 15 is 0 Å². The van der Waals surface area contributed by atoms with Gasteiger partial charge in [0.2, 0.25) is 0 Å². The number of halogens is 4.